The molecule has 2 rings (SSSR count). The highest BCUT2D eigenvalue weighted by Crippen LogP contribution is 2.37. The molecule has 0 amide bonds. The number of benzene rings is 1. The van der Waals surface area contributed by atoms with E-state index in [1.165, 1.54) is 19.4 Å². The van der Waals surface area contributed by atoms with Crippen molar-refractivity contribution < 1.29 is 23.0 Å². The van der Waals surface area contributed by atoms with E-state index in [1.807, 2.05) is 0 Å². The molecule has 1 atom stereocenters. The Morgan fingerprint density at radius 2 is 2.00 bits per heavy atom. The maximum absolute atomic E-state index is 12.8. The second-order valence-electron chi connectivity index (χ2n) is 4.23. The Kier molecular flexibility index (Phi) is 4.53. The number of rotatable bonds is 3. The first-order valence-corrected chi connectivity index (χ1v) is 6.67. The van der Waals surface area contributed by atoms with Gasteiger partial charge in [0.05, 0.1) is 12.7 Å². The van der Waals surface area contributed by atoms with Gasteiger partial charge < -0.3 is 9.84 Å². The van der Waals surface area contributed by atoms with Gasteiger partial charge in [0.1, 0.15) is 17.5 Å². The van der Waals surface area contributed by atoms with Crippen molar-refractivity contribution in [1.82, 2.24) is 4.98 Å². The van der Waals surface area contributed by atoms with Crippen LogP contribution in [-0.2, 0) is 6.18 Å². The van der Waals surface area contributed by atoms with Gasteiger partial charge in [0.25, 0.3) is 0 Å². The summed E-state index contributed by atoms with van der Waals surface area (Å²) in [7, 11) is 1.40. The van der Waals surface area contributed by atoms with E-state index in [0.717, 1.165) is 12.1 Å². The topological polar surface area (TPSA) is 42.4 Å². The third-order valence-corrected chi connectivity index (χ3v) is 3.62. The molecule has 1 aromatic heterocycles. The lowest BCUT2D eigenvalue weighted by Crippen LogP contribution is -2.09. The van der Waals surface area contributed by atoms with Gasteiger partial charge in [-0.2, -0.15) is 13.2 Å². The Morgan fingerprint density at radius 3 is 2.62 bits per heavy atom. The molecule has 3 nitrogen and oxygen atoms in total. The van der Waals surface area contributed by atoms with E-state index in [1.54, 1.807) is 12.1 Å². The van der Waals surface area contributed by atoms with Crippen molar-refractivity contribution in [3.05, 3.63) is 57.8 Å². The third kappa shape index (κ3) is 3.36. The van der Waals surface area contributed by atoms with Crippen molar-refractivity contribution in [2.24, 2.45) is 0 Å². The van der Waals surface area contributed by atoms with E-state index >= 15 is 0 Å². The SMILES string of the molecule is COc1cccnc1C(O)c1cc(C(F)(F)F)ccc1Br. The molecule has 2 aromatic rings. The largest absolute Gasteiger partial charge is 0.495 e. The summed E-state index contributed by atoms with van der Waals surface area (Å²) >= 11 is 3.15. The molecule has 0 aliphatic rings. The fraction of sp³-hybridized carbons (Fsp3) is 0.214. The Balaban J connectivity index is 2.50. The smallest absolute Gasteiger partial charge is 0.416 e. The Morgan fingerprint density at radius 1 is 1.29 bits per heavy atom. The zero-order valence-electron chi connectivity index (χ0n) is 10.9. The number of hydrogen-bond donors (Lipinski definition) is 1. The van der Waals surface area contributed by atoms with Crippen LogP contribution in [0.1, 0.15) is 22.9 Å². The molecule has 0 radical (unpaired) electrons. The van der Waals surface area contributed by atoms with Crippen LogP contribution in [0.2, 0.25) is 0 Å². The fourth-order valence-electron chi connectivity index (χ4n) is 1.86. The maximum atomic E-state index is 12.8. The first kappa shape index (κ1) is 15.8. The summed E-state index contributed by atoms with van der Waals surface area (Å²) in [5.74, 6) is 0.300. The van der Waals surface area contributed by atoms with Gasteiger partial charge in [-0.1, -0.05) is 15.9 Å². The van der Waals surface area contributed by atoms with E-state index in [9.17, 15) is 18.3 Å². The first-order chi connectivity index (χ1) is 9.84. The number of aromatic nitrogens is 1. The third-order valence-electron chi connectivity index (χ3n) is 2.90. The van der Waals surface area contributed by atoms with Crippen LogP contribution >= 0.6 is 15.9 Å². The Hall–Kier alpha value is -1.60. The van der Waals surface area contributed by atoms with Gasteiger partial charge in [0.2, 0.25) is 0 Å². The van der Waals surface area contributed by atoms with Crippen molar-refractivity contribution in [3.8, 4) is 5.75 Å². The van der Waals surface area contributed by atoms with Crippen molar-refractivity contribution in [2.75, 3.05) is 7.11 Å². The normalized spacial score (nSPS) is 13.0. The summed E-state index contributed by atoms with van der Waals surface area (Å²) in [5, 5.41) is 10.3. The van der Waals surface area contributed by atoms with Gasteiger partial charge in [-0.15, -0.1) is 0 Å². The number of alkyl halides is 3. The first-order valence-electron chi connectivity index (χ1n) is 5.88. The van der Waals surface area contributed by atoms with E-state index in [-0.39, 0.29) is 11.3 Å². The number of pyridine rings is 1. The molecule has 1 unspecified atom stereocenters. The molecule has 0 aliphatic heterocycles. The monoisotopic (exact) mass is 361 g/mol. The highest BCUT2D eigenvalue weighted by atomic mass is 79.9. The van der Waals surface area contributed by atoms with Crippen LogP contribution in [0, 0.1) is 0 Å². The Bertz CT molecular complexity index is 646. The maximum Gasteiger partial charge on any atom is 0.416 e. The standard InChI is InChI=1S/C14H11BrF3NO2/c1-21-11-3-2-6-19-12(11)13(20)9-7-8(14(16,17)18)4-5-10(9)15/h2-7,13,20H,1H3. The molecule has 7 heteroatoms. The molecule has 0 saturated heterocycles. The molecule has 0 spiro atoms. The number of aliphatic hydroxyl groups is 1. The van der Waals surface area contributed by atoms with Crippen LogP contribution in [-0.4, -0.2) is 17.2 Å². The zero-order chi connectivity index (χ0) is 15.6. The molecule has 1 N–H and O–H groups in total. The highest BCUT2D eigenvalue weighted by Gasteiger charge is 2.32. The number of hydrogen-bond acceptors (Lipinski definition) is 3. The van der Waals surface area contributed by atoms with E-state index in [4.69, 9.17) is 4.74 Å². The van der Waals surface area contributed by atoms with Gasteiger partial charge in [-0.3, -0.25) is 4.98 Å². The van der Waals surface area contributed by atoms with E-state index < -0.39 is 17.8 Å². The molecule has 1 heterocycles. The van der Waals surface area contributed by atoms with Gasteiger partial charge >= 0.3 is 6.18 Å². The van der Waals surface area contributed by atoms with Crippen LogP contribution in [0.4, 0.5) is 13.2 Å². The predicted molar refractivity (Wildman–Crippen MR) is 74.0 cm³/mol. The van der Waals surface area contributed by atoms with Crippen LogP contribution in [0.5, 0.6) is 5.75 Å². The molecule has 0 bridgehead atoms. The second-order valence-corrected chi connectivity index (χ2v) is 5.08. The molecular formula is C14H11BrF3NO2. The van der Waals surface area contributed by atoms with Gasteiger partial charge in [0.15, 0.2) is 0 Å². The van der Waals surface area contributed by atoms with Gasteiger partial charge in [0, 0.05) is 16.2 Å². The van der Waals surface area contributed by atoms with Gasteiger partial charge in [-0.05, 0) is 30.3 Å². The lowest BCUT2D eigenvalue weighted by Gasteiger charge is -2.17. The highest BCUT2D eigenvalue weighted by molar-refractivity contribution is 9.10. The van der Waals surface area contributed by atoms with Crippen LogP contribution in [0.15, 0.2) is 41.0 Å². The number of ether oxygens (including phenoxy) is 1. The molecule has 0 aliphatic carbocycles. The molecule has 0 fully saturated rings. The van der Waals surface area contributed by atoms with E-state index in [2.05, 4.69) is 20.9 Å². The van der Waals surface area contributed by atoms with Crippen molar-refractivity contribution in [1.29, 1.82) is 0 Å². The number of methoxy groups -OCH3 is 1. The average molecular weight is 362 g/mol. The minimum absolute atomic E-state index is 0.0711. The second kappa shape index (κ2) is 6.03. The quantitative estimate of drug-likeness (QED) is 0.899. The van der Waals surface area contributed by atoms with Gasteiger partial charge in [-0.25, -0.2) is 0 Å². The summed E-state index contributed by atoms with van der Waals surface area (Å²) in [6, 6.07) is 6.26. The summed E-state index contributed by atoms with van der Waals surface area (Å²) in [6.45, 7) is 0. The fourth-order valence-corrected chi connectivity index (χ4v) is 2.32. The number of aliphatic hydroxyl groups excluding tert-OH is 1. The predicted octanol–water partition coefficient (Wildman–Crippen LogP) is 3.95. The zero-order valence-corrected chi connectivity index (χ0v) is 12.4. The number of halogens is 4. The molecular weight excluding hydrogens is 351 g/mol. The minimum atomic E-state index is -4.48. The molecule has 1 aromatic carbocycles. The van der Waals surface area contributed by atoms with Crippen molar-refractivity contribution >= 4 is 15.9 Å². The average Bonchev–Trinajstić information content (AvgIpc) is 2.45. The summed E-state index contributed by atoms with van der Waals surface area (Å²) in [4.78, 5) is 3.98. The van der Waals surface area contributed by atoms with E-state index in [0.29, 0.717) is 10.2 Å². The lowest BCUT2D eigenvalue weighted by atomic mass is 10.0. The lowest BCUT2D eigenvalue weighted by molar-refractivity contribution is -0.137. The van der Waals surface area contributed by atoms with Crippen LogP contribution in [0.25, 0.3) is 0 Å². The molecule has 21 heavy (non-hydrogen) atoms. The Labute approximate surface area is 127 Å². The summed E-state index contributed by atoms with van der Waals surface area (Å²) < 4.78 is 43.7. The van der Waals surface area contributed by atoms with Crippen molar-refractivity contribution in [3.63, 3.8) is 0 Å². The molecule has 112 valence electrons. The summed E-state index contributed by atoms with van der Waals surface area (Å²) in [6.07, 6.45) is -4.38. The van der Waals surface area contributed by atoms with Crippen LogP contribution < -0.4 is 4.74 Å². The number of nitrogens with zero attached hydrogens (tertiary/aromatic N) is 1. The van der Waals surface area contributed by atoms with Crippen molar-refractivity contribution in [2.45, 2.75) is 12.3 Å². The van der Waals surface area contributed by atoms with Crippen LogP contribution in [0.3, 0.4) is 0 Å². The minimum Gasteiger partial charge on any atom is -0.495 e. The summed E-state index contributed by atoms with van der Waals surface area (Å²) in [5.41, 5.74) is -0.614. The molecule has 0 saturated carbocycles.